The summed E-state index contributed by atoms with van der Waals surface area (Å²) in [6.07, 6.45) is 0. The predicted molar refractivity (Wildman–Crippen MR) is 92.8 cm³/mol. The quantitative estimate of drug-likeness (QED) is 0.714. The maximum Gasteiger partial charge on any atom is 0.125 e. The summed E-state index contributed by atoms with van der Waals surface area (Å²) in [5.41, 5.74) is 3.52. The van der Waals surface area contributed by atoms with E-state index in [4.69, 9.17) is 4.98 Å². The molecule has 108 valence electrons. The molecule has 0 fully saturated rings. The van der Waals surface area contributed by atoms with E-state index < -0.39 is 0 Å². The number of rotatable bonds is 5. The number of thiophene rings is 1. The Kier molecular flexibility index (Phi) is 4.48. The molecule has 0 saturated heterocycles. The highest BCUT2D eigenvalue weighted by Crippen LogP contribution is 2.34. The van der Waals surface area contributed by atoms with Crippen molar-refractivity contribution in [1.29, 1.82) is 0 Å². The highest BCUT2D eigenvalue weighted by Gasteiger charge is 2.14. The molecule has 0 aliphatic rings. The van der Waals surface area contributed by atoms with Crippen LogP contribution < -0.4 is 5.32 Å². The Hall–Kier alpha value is -1.49. The first kappa shape index (κ1) is 14.4. The van der Waals surface area contributed by atoms with Gasteiger partial charge in [0.15, 0.2) is 0 Å². The van der Waals surface area contributed by atoms with Crippen molar-refractivity contribution >= 4 is 22.7 Å². The molecule has 2 nitrogen and oxygen atoms in total. The summed E-state index contributed by atoms with van der Waals surface area (Å²) in [7, 11) is 0. The van der Waals surface area contributed by atoms with Gasteiger partial charge < -0.3 is 5.32 Å². The summed E-state index contributed by atoms with van der Waals surface area (Å²) >= 11 is 3.50. The van der Waals surface area contributed by atoms with Crippen LogP contribution in [0.3, 0.4) is 0 Å². The summed E-state index contributed by atoms with van der Waals surface area (Å²) in [5.74, 6) is 0. The van der Waals surface area contributed by atoms with Gasteiger partial charge in [-0.1, -0.05) is 44.2 Å². The monoisotopic (exact) mass is 314 g/mol. The minimum absolute atomic E-state index is 0.473. The zero-order valence-corrected chi connectivity index (χ0v) is 13.8. The normalized spacial score (nSPS) is 11.2. The fourth-order valence-corrected chi connectivity index (χ4v) is 3.85. The van der Waals surface area contributed by atoms with Gasteiger partial charge in [-0.15, -0.1) is 11.3 Å². The Morgan fingerprint density at radius 2 is 1.90 bits per heavy atom. The second-order valence-corrected chi connectivity index (χ2v) is 7.07. The number of thiazole rings is 1. The van der Waals surface area contributed by atoms with Gasteiger partial charge in [-0.25, -0.2) is 4.98 Å². The van der Waals surface area contributed by atoms with E-state index in [0.29, 0.717) is 6.04 Å². The first-order valence-electron chi connectivity index (χ1n) is 7.05. The third-order valence-corrected chi connectivity index (χ3v) is 4.97. The summed E-state index contributed by atoms with van der Waals surface area (Å²) in [4.78, 5) is 6.19. The van der Waals surface area contributed by atoms with E-state index in [1.165, 1.54) is 16.0 Å². The first-order valence-corrected chi connectivity index (χ1v) is 8.81. The molecule has 4 heteroatoms. The van der Waals surface area contributed by atoms with Crippen molar-refractivity contribution in [3.05, 3.63) is 52.0 Å². The molecule has 0 unspecified atom stereocenters. The molecular formula is C17H18N2S2. The molecule has 2 heterocycles. The second-order valence-electron chi connectivity index (χ2n) is 5.20. The lowest BCUT2D eigenvalue weighted by atomic mass is 10.1. The average molecular weight is 314 g/mol. The minimum Gasteiger partial charge on any atom is -0.310 e. The van der Waals surface area contributed by atoms with Crippen LogP contribution in [0.2, 0.25) is 0 Å². The Morgan fingerprint density at radius 1 is 1.10 bits per heavy atom. The molecular weight excluding hydrogens is 296 g/mol. The molecule has 0 atom stereocenters. The molecule has 2 aromatic heterocycles. The molecule has 1 aromatic carbocycles. The molecule has 1 N–H and O–H groups in total. The van der Waals surface area contributed by atoms with Crippen molar-refractivity contribution in [1.82, 2.24) is 10.3 Å². The fourth-order valence-electron chi connectivity index (χ4n) is 2.10. The van der Waals surface area contributed by atoms with Gasteiger partial charge in [-0.2, -0.15) is 11.3 Å². The van der Waals surface area contributed by atoms with Gasteiger partial charge in [-0.05, 0) is 11.4 Å². The highest BCUT2D eigenvalue weighted by atomic mass is 32.1. The van der Waals surface area contributed by atoms with Gasteiger partial charge in [0.25, 0.3) is 0 Å². The molecule has 0 saturated carbocycles. The molecule has 0 radical (unpaired) electrons. The van der Waals surface area contributed by atoms with E-state index in [1.54, 1.807) is 22.7 Å². The van der Waals surface area contributed by atoms with Gasteiger partial charge in [0.05, 0.1) is 5.69 Å². The highest BCUT2D eigenvalue weighted by molar-refractivity contribution is 7.16. The van der Waals surface area contributed by atoms with Crippen LogP contribution in [0, 0.1) is 0 Å². The van der Waals surface area contributed by atoms with Crippen LogP contribution in [0.25, 0.3) is 21.8 Å². The van der Waals surface area contributed by atoms with Gasteiger partial charge in [0, 0.05) is 34.0 Å². The number of nitrogens with one attached hydrogen (secondary N) is 1. The van der Waals surface area contributed by atoms with Gasteiger partial charge in [-0.3, -0.25) is 0 Å². The number of hydrogen-bond acceptors (Lipinski definition) is 4. The van der Waals surface area contributed by atoms with Crippen LogP contribution in [-0.4, -0.2) is 11.0 Å². The van der Waals surface area contributed by atoms with Gasteiger partial charge in [0.2, 0.25) is 0 Å². The number of hydrogen-bond donors (Lipinski definition) is 1. The third kappa shape index (κ3) is 3.40. The van der Waals surface area contributed by atoms with Crippen molar-refractivity contribution in [3.8, 4) is 21.8 Å². The summed E-state index contributed by atoms with van der Waals surface area (Å²) in [5, 5.41) is 8.87. The van der Waals surface area contributed by atoms with Crippen LogP contribution in [0.1, 0.15) is 18.7 Å². The van der Waals surface area contributed by atoms with Crippen LogP contribution in [0.15, 0.2) is 47.2 Å². The van der Waals surface area contributed by atoms with Crippen LogP contribution >= 0.6 is 22.7 Å². The lowest BCUT2D eigenvalue weighted by Gasteiger charge is -2.07. The van der Waals surface area contributed by atoms with Crippen molar-refractivity contribution in [3.63, 3.8) is 0 Å². The van der Waals surface area contributed by atoms with Gasteiger partial charge in [0.1, 0.15) is 5.01 Å². The average Bonchev–Trinajstić information content (AvgIpc) is 3.15. The number of aromatic nitrogens is 1. The van der Waals surface area contributed by atoms with Crippen molar-refractivity contribution in [2.24, 2.45) is 0 Å². The van der Waals surface area contributed by atoms with Gasteiger partial charge >= 0.3 is 0 Å². The van der Waals surface area contributed by atoms with Crippen LogP contribution in [0.4, 0.5) is 0 Å². The Morgan fingerprint density at radius 3 is 2.57 bits per heavy atom. The van der Waals surface area contributed by atoms with Crippen molar-refractivity contribution in [2.75, 3.05) is 0 Å². The zero-order chi connectivity index (χ0) is 14.7. The van der Waals surface area contributed by atoms with E-state index in [1.807, 2.05) is 6.07 Å². The van der Waals surface area contributed by atoms with Crippen molar-refractivity contribution < 1.29 is 0 Å². The summed E-state index contributed by atoms with van der Waals surface area (Å²) in [6.45, 7) is 5.20. The van der Waals surface area contributed by atoms with E-state index >= 15 is 0 Å². The molecule has 0 aliphatic heterocycles. The summed E-state index contributed by atoms with van der Waals surface area (Å²) in [6, 6.07) is 13.0. The second kappa shape index (κ2) is 6.52. The largest absolute Gasteiger partial charge is 0.310 e. The lowest BCUT2D eigenvalue weighted by Crippen LogP contribution is -2.21. The lowest BCUT2D eigenvalue weighted by molar-refractivity contribution is 0.593. The molecule has 0 amide bonds. The van der Waals surface area contributed by atoms with Crippen molar-refractivity contribution in [2.45, 2.75) is 26.4 Å². The SMILES string of the molecule is CC(C)NCc1sc(-c2ccsc2)nc1-c1ccccc1. The number of nitrogens with zero attached hydrogens (tertiary/aromatic N) is 1. The topological polar surface area (TPSA) is 24.9 Å². The molecule has 3 aromatic rings. The minimum atomic E-state index is 0.473. The van der Waals surface area contributed by atoms with Crippen LogP contribution in [-0.2, 0) is 6.54 Å². The molecule has 3 rings (SSSR count). The standard InChI is InChI=1S/C17H18N2S2/c1-12(2)18-10-15-16(13-6-4-3-5-7-13)19-17(21-15)14-8-9-20-11-14/h3-9,11-12,18H,10H2,1-2H3. The van der Waals surface area contributed by atoms with E-state index in [2.05, 4.69) is 60.3 Å². The first-order chi connectivity index (χ1) is 10.2. The van der Waals surface area contributed by atoms with Crippen LogP contribution in [0.5, 0.6) is 0 Å². The van der Waals surface area contributed by atoms with E-state index in [-0.39, 0.29) is 0 Å². The Labute approximate surface area is 133 Å². The zero-order valence-electron chi connectivity index (χ0n) is 12.2. The Bertz CT molecular complexity index is 685. The molecule has 21 heavy (non-hydrogen) atoms. The molecule has 0 spiro atoms. The maximum absolute atomic E-state index is 4.89. The molecule has 0 bridgehead atoms. The van der Waals surface area contributed by atoms with E-state index in [0.717, 1.165) is 17.2 Å². The third-order valence-electron chi connectivity index (χ3n) is 3.18. The maximum atomic E-state index is 4.89. The van der Waals surface area contributed by atoms with E-state index in [9.17, 15) is 0 Å². The number of benzene rings is 1. The predicted octanol–water partition coefficient (Wildman–Crippen LogP) is 5.04. The molecule has 0 aliphatic carbocycles. The Balaban J connectivity index is 2.00. The smallest absolute Gasteiger partial charge is 0.125 e. The summed E-state index contributed by atoms with van der Waals surface area (Å²) < 4.78 is 0. The fraction of sp³-hybridized carbons (Fsp3) is 0.235.